The van der Waals surface area contributed by atoms with E-state index in [-0.39, 0.29) is 0 Å². The first-order valence-corrected chi connectivity index (χ1v) is 18.5. The molecule has 2 nitrogen and oxygen atoms in total. The van der Waals surface area contributed by atoms with Crippen LogP contribution in [0.25, 0.3) is 87.3 Å². The molecule has 10 aromatic carbocycles. The lowest BCUT2D eigenvalue weighted by molar-refractivity contribution is 0.673. The van der Waals surface area contributed by atoms with Gasteiger partial charge in [0.1, 0.15) is 11.2 Å². The molecule has 0 radical (unpaired) electrons. The second-order valence-electron chi connectivity index (χ2n) is 14.0. The molecule has 0 aliphatic rings. The van der Waals surface area contributed by atoms with Crippen molar-refractivity contribution in [3.05, 3.63) is 200 Å². The maximum Gasteiger partial charge on any atom is 0.143 e. The maximum atomic E-state index is 6.78. The van der Waals surface area contributed by atoms with Crippen molar-refractivity contribution >= 4 is 82.1 Å². The Bertz CT molecular complexity index is 3120. The SMILES string of the molecule is c1ccc(N(c2ccccc2)c2ccc(-c3c(-c4ccc5c6ccccc6c6ccccc6c5c4)c4c5ccccc5oc4c4ccccc34)cc2)cc1. The van der Waals surface area contributed by atoms with Crippen LogP contribution in [0.15, 0.2) is 205 Å². The summed E-state index contributed by atoms with van der Waals surface area (Å²) in [7, 11) is 0. The summed E-state index contributed by atoms with van der Waals surface area (Å²) >= 11 is 0. The van der Waals surface area contributed by atoms with Crippen molar-refractivity contribution in [1.82, 2.24) is 0 Å². The zero-order chi connectivity index (χ0) is 35.6. The van der Waals surface area contributed by atoms with Gasteiger partial charge in [0.05, 0.1) is 0 Å². The molecule has 0 fully saturated rings. The first-order valence-electron chi connectivity index (χ1n) is 18.5. The highest BCUT2D eigenvalue weighted by Gasteiger charge is 2.23. The number of hydrogen-bond donors (Lipinski definition) is 0. The first kappa shape index (κ1) is 30.5. The average molecular weight is 688 g/mol. The smallest absolute Gasteiger partial charge is 0.143 e. The van der Waals surface area contributed by atoms with Gasteiger partial charge in [0.15, 0.2) is 0 Å². The second-order valence-corrected chi connectivity index (χ2v) is 14.0. The molecule has 0 aliphatic carbocycles. The Labute approximate surface area is 312 Å². The van der Waals surface area contributed by atoms with E-state index < -0.39 is 0 Å². The normalized spacial score (nSPS) is 11.7. The predicted octanol–water partition coefficient (Wildman–Crippen LogP) is 15.0. The van der Waals surface area contributed by atoms with Crippen LogP contribution in [0, 0.1) is 0 Å². The van der Waals surface area contributed by atoms with Gasteiger partial charge in [-0.1, -0.05) is 152 Å². The Hall–Kier alpha value is -7.16. The lowest BCUT2D eigenvalue weighted by Crippen LogP contribution is -2.09. The summed E-state index contributed by atoms with van der Waals surface area (Å²) < 4.78 is 6.78. The van der Waals surface area contributed by atoms with E-state index in [1.807, 2.05) is 0 Å². The fourth-order valence-corrected chi connectivity index (χ4v) is 8.67. The first-order chi connectivity index (χ1) is 26.8. The Morgan fingerprint density at radius 1 is 0.296 bits per heavy atom. The van der Waals surface area contributed by atoms with E-state index in [4.69, 9.17) is 4.42 Å². The summed E-state index contributed by atoms with van der Waals surface area (Å²) in [5, 5.41) is 12.1. The average Bonchev–Trinajstić information content (AvgIpc) is 3.64. The lowest BCUT2D eigenvalue weighted by atomic mass is 9.85. The quantitative estimate of drug-likeness (QED) is 0.168. The highest BCUT2D eigenvalue weighted by Crippen LogP contribution is 2.49. The van der Waals surface area contributed by atoms with Gasteiger partial charge in [-0.05, 0) is 103 Å². The van der Waals surface area contributed by atoms with Crippen molar-refractivity contribution in [2.24, 2.45) is 0 Å². The Kier molecular flexibility index (Phi) is 6.90. The molecule has 2 heteroatoms. The van der Waals surface area contributed by atoms with Gasteiger partial charge >= 0.3 is 0 Å². The molecular weight excluding hydrogens is 655 g/mol. The maximum absolute atomic E-state index is 6.78. The van der Waals surface area contributed by atoms with E-state index in [9.17, 15) is 0 Å². The standard InChI is InChI=1S/C52H33NO/c1-3-15-36(16-4-1)53(37-17-5-2-6-18-37)38-30-27-34(28-31-38)49-44-23-11-12-24-45(44)52-51(46-25-13-14-26-48(46)54-52)50(49)35-29-32-43-41-21-8-7-19-39(41)40-20-9-10-22-42(40)47(43)33-35/h1-33H. The highest BCUT2D eigenvalue weighted by atomic mass is 16.3. The van der Waals surface area contributed by atoms with Crippen molar-refractivity contribution < 1.29 is 4.42 Å². The topological polar surface area (TPSA) is 16.4 Å². The van der Waals surface area contributed by atoms with Crippen molar-refractivity contribution in [2.75, 3.05) is 4.90 Å². The fraction of sp³-hybridized carbons (Fsp3) is 0. The molecule has 0 saturated carbocycles. The number of furan rings is 1. The van der Waals surface area contributed by atoms with Crippen molar-refractivity contribution in [3.63, 3.8) is 0 Å². The zero-order valence-corrected chi connectivity index (χ0v) is 29.4. The van der Waals surface area contributed by atoms with Crippen LogP contribution < -0.4 is 4.90 Å². The van der Waals surface area contributed by atoms with Crippen LogP contribution in [0.5, 0.6) is 0 Å². The van der Waals surface area contributed by atoms with Crippen LogP contribution in [0.2, 0.25) is 0 Å². The van der Waals surface area contributed by atoms with E-state index in [1.54, 1.807) is 0 Å². The Balaban J connectivity index is 1.22. The molecular formula is C52H33NO. The Morgan fingerprint density at radius 2 is 0.741 bits per heavy atom. The summed E-state index contributed by atoms with van der Waals surface area (Å²) in [4.78, 5) is 2.31. The highest BCUT2D eigenvalue weighted by molar-refractivity contribution is 6.29. The van der Waals surface area contributed by atoms with E-state index in [0.29, 0.717) is 0 Å². The number of rotatable bonds is 5. The van der Waals surface area contributed by atoms with Gasteiger partial charge < -0.3 is 9.32 Å². The molecule has 0 amide bonds. The minimum absolute atomic E-state index is 0.894. The minimum atomic E-state index is 0.894. The van der Waals surface area contributed by atoms with E-state index in [1.165, 1.54) is 54.4 Å². The van der Waals surface area contributed by atoms with Gasteiger partial charge in [-0.2, -0.15) is 0 Å². The third-order valence-corrected chi connectivity index (χ3v) is 11.0. The number of nitrogens with zero attached hydrogens (tertiary/aromatic N) is 1. The van der Waals surface area contributed by atoms with E-state index in [0.717, 1.165) is 50.0 Å². The molecule has 252 valence electrons. The van der Waals surface area contributed by atoms with Gasteiger partial charge in [0, 0.05) is 38.8 Å². The van der Waals surface area contributed by atoms with Crippen molar-refractivity contribution in [1.29, 1.82) is 0 Å². The summed E-state index contributed by atoms with van der Waals surface area (Å²) in [6.07, 6.45) is 0. The van der Waals surface area contributed by atoms with Crippen LogP contribution in [0.3, 0.4) is 0 Å². The Morgan fingerprint density at radius 3 is 1.35 bits per heavy atom. The van der Waals surface area contributed by atoms with Crippen LogP contribution >= 0.6 is 0 Å². The van der Waals surface area contributed by atoms with Crippen LogP contribution in [0.4, 0.5) is 17.1 Å². The molecule has 54 heavy (non-hydrogen) atoms. The van der Waals surface area contributed by atoms with Gasteiger partial charge in [-0.15, -0.1) is 0 Å². The molecule has 0 spiro atoms. The molecule has 0 N–H and O–H groups in total. The number of hydrogen-bond acceptors (Lipinski definition) is 2. The number of para-hydroxylation sites is 3. The van der Waals surface area contributed by atoms with Crippen LogP contribution in [-0.2, 0) is 0 Å². The number of benzene rings is 10. The van der Waals surface area contributed by atoms with Crippen molar-refractivity contribution in [3.8, 4) is 22.3 Å². The predicted molar refractivity (Wildman–Crippen MR) is 229 cm³/mol. The summed E-state index contributed by atoms with van der Waals surface area (Å²) in [6, 6.07) is 72.1. The molecule has 0 bridgehead atoms. The lowest BCUT2D eigenvalue weighted by Gasteiger charge is -2.26. The zero-order valence-electron chi connectivity index (χ0n) is 29.4. The second kappa shape index (κ2) is 12.2. The third kappa shape index (κ3) is 4.67. The van der Waals surface area contributed by atoms with Gasteiger partial charge in [-0.25, -0.2) is 0 Å². The summed E-state index contributed by atoms with van der Waals surface area (Å²) in [5.41, 5.74) is 9.85. The molecule has 0 aliphatic heterocycles. The molecule has 0 saturated heterocycles. The largest absolute Gasteiger partial charge is 0.455 e. The van der Waals surface area contributed by atoms with Gasteiger partial charge in [-0.3, -0.25) is 0 Å². The van der Waals surface area contributed by atoms with Crippen LogP contribution in [-0.4, -0.2) is 0 Å². The summed E-state index contributed by atoms with van der Waals surface area (Å²) in [5.74, 6) is 0. The van der Waals surface area contributed by atoms with E-state index in [2.05, 4.69) is 205 Å². The summed E-state index contributed by atoms with van der Waals surface area (Å²) in [6.45, 7) is 0. The molecule has 11 rings (SSSR count). The number of fused-ring (bicyclic) bond motifs is 11. The van der Waals surface area contributed by atoms with Crippen molar-refractivity contribution in [2.45, 2.75) is 0 Å². The van der Waals surface area contributed by atoms with Crippen LogP contribution in [0.1, 0.15) is 0 Å². The molecule has 1 aromatic heterocycles. The number of anilines is 3. The van der Waals surface area contributed by atoms with Gasteiger partial charge in [0.25, 0.3) is 0 Å². The molecule has 0 unspecified atom stereocenters. The monoisotopic (exact) mass is 687 g/mol. The molecule has 11 aromatic rings. The third-order valence-electron chi connectivity index (χ3n) is 11.0. The molecule has 1 heterocycles. The van der Waals surface area contributed by atoms with E-state index >= 15 is 0 Å². The molecule has 0 atom stereocenters. The minimum Gasteiger partial charge on any atom is -0.455 e. The fourth-order valence-electron chi connectivity index (χ4n) is 8.67. The van der Waals surface area contributed by atoms with Gasteiger partial charge in [0.2, 0.25) is 0 Å².